The van der Waals surface area contributed by atoms with Crippen molar-refractivity contribution in [2.75, 3.05) is 12.4 Å². The molecule has 0 bridgehead atoms. The van der Waals surface area contributed by atoms with E-state index in [0.717, 1.165) is 12.8 Å². The maximum Gasteiger partial charge on any atom is 0.287 e. The quantitative estimate of drug-likeness (QED) is 0.362. The lowest BCUT2D eigenvalue weighted by Crippen LogP contribution is -2.26. The summed E-state index contributed by atoms with van der Waals surface area (Å²) in [6.45, 7) is 2.59. The lowest BCUT2D eigenvalue weighted by Gasteiger charge is -2.08. The van der Waals surface area contributed by atoms with Crippen molar-refractivity contribution in [3.8, 4) is 0 Å². The molecule has 1 aromatic rings. The van der Waals surface area contributed by atoms with Gasteiger partial charge in [-0.25, -0.2) is 0 Å². The number of amides is 1. The Labute approximate surface area is 116 Å². The lowest BCUT2D eigenvalue weighted by molar-refractivity contribution is -0.384. The highest BCUT2D eigenvalue weighted by molar-refractivity contribution is 6.18. The Morgan fingerprint density at radius 2 is 2.32 bits per heavy atom. The molecule has 0 spiro atoms. The standard InChI is InChI=1S/C12H18ClN3O3/c1-9(7-13)4-3-5-14-12(17)11-6-10(16(18)19)8-15(11)2/h6,8-9H,3-5,7H2,1-2H3,(H,14,17). The zero-order chi connectivity index (χ0) is 14.4. The number of carbonyl (C=O) groups excluding carboxylic acids is 1. The zero-order valence-electron chi connectivity index (χ0n) is 11.1. The molecule has 0 aliphatic carbocycles. The monoisotopic (exact) mass is 287 g/mol. The fourth-order valence-electron chi connectivity index (χ4n) is 1.69. The first kappa shape index (κ1) is 15.5. The molecule has 6 nitrogen and oxygen atoms in total. The molecular weight excluding hydrogens is 270 g/mol. The lowest BCUT2D eigenvalue weighted by atomic mass is 10.1. The molecule has 0 aromatic carbocycles. The Balaban J connectivity index is 2.47. The first-order chi connectivity index (χ1) is 8.95. The largest absolute Gasteiger partial charge is 0.351 e. The molecule has 0 saturated carbocycles. The average molecular weight is 288 g/mol. The number of carbonyl (C=O) groups is 1. The molecule has 1 aromatic heterocycles. The van der Waals surface area contributed by atoms with Gasteiger partial charge in [-0.1, -0.05) is 6.92 Å². The molecule has 106 valence electrons. The smallest absolute Gasteiger partial charge is 0.287 e. The van der Waals surface area contributed by atoms with Crippen LogP contribution in [0.5, 0.6) is 0 Å². The van der Waals surface area contributed by atoms with E-state index in [1.54, 1.807) is 7.05 Å². The summed E-state index contributed by atoms with van der Waals surface area (Å²) >= 11 is 5.69. The summed E-state index contributed by atoms with van der Waals surface area (Å²) in [4.78, 5) is 21.9. The van der Waals surface area contributed by atoms with Gasteiger partial charge >= 0.3 is 0 Å². The molecule has 1 atom stereocenters. The van der Waals surface area contributed by atoms with Crippen LogP contribution >= 0.6 is 11.6 Å². The average Bonchev–Trinajstić information content (AvgIpc) is 2.76. The molecule has 1 unspecified atom stereocenters. The van der Waals surface area contributed by atoms with Crippen LogP contribution in [0.4, 0.5) is 5.69 Å². The van der Waals surface area contributed by atoms with Gasteiger partial charge in [0.05, 0.1) is 11.1 Å². The van der Waals surface area contributed by atoms with Crippen LogP contribution in [-0.2, 0) is 7.05 Å². The number of nitro groups is 1. The van der Waals surface area contributed by atoms with Crippen molar-refractivity contribution in [2.24, 2.45) is 13.0 Å². The second-order valence-corrected chi connectivity index (χ2v) is 4.92. The predicted molar refractivity (Wildman–Crippen MR) is 73.5 cm³/mol. The van der Waals surface area contributed by atoms with Crippen molar-refractivity contribution < 1.29 is 9.72 Å². The summed E-state index contributed by atoms with van der Waals surface area (Å²) in [6, 6.07) is 1.27. The minimum absolute atomic E-state index is 0.0802. The third-order valence-corrected chi connectivity index (χ3v) is 3.38. The fraction of sp³-hybridized carbons (Fsp3) is 0.583. The SMILES string of the molecule is CC(CCl)CCCNC(=O)c1cc([N+](=O)[O-])cn1C. The molecule has 0 aliphatic heterocycles. The molecule has 0 fully saturated rings. The highest BCUT2D eigenvalue weighted by atomic mass is 35.5. The second-order valence-electron chi connectivity index (χ2n) is 4.61. The van der Waals surface area contributed by atoms with Gasteiger partial charge in [0.15, 0.2) is 0 Å². The van der Waals surface area contributed by atoms with Crippen LogP contribution in [0.1, 0.15) is 30.3 Å². The molecule has 7 heteroatoms. The van der Waals surface area contributed by atoms with Crippen molar-refractivity contribution in [1.82, 2.24) is 9.88 Å². The van der Waals surface area contributed by atoms with Crippen molar-refractivity contribution >= 4 is 23.2 Å². The molecule has 19 heavy (non-hydrogen) atoms. The molecule has 0 radical (unpaired) electrons. The van der Waals surface area contributed by atoms with E-state index in [1.807, 2.05) is 0 Å². The molecule has 0 saturated heterocycles. The van der Waals surface area contributed by atoms with E-state index >= 15 is 0 Å². The van der Waals surface area contributed by atoms with E-state index in [4.69, 9.17) is 11.6 Å². The Kier molecular flexibility index (Phi) is 5.82. The van der Waals surface area contributed by atoms with Crippen LogP contribution in [0.25, 0.3) is 0 Å². The Morgan fingerprint density at radius 1 is 1.63 bits per heavy atom. The summed E-state index contributed by atoms with van der Waals surface area (Å²) in [5.74, 6) is 0.738. The van der Waals surface area contributed by atoms with Crippen LogP contribution in [0, 0.1) is 16.0 Å². The van der Waals surface area contributed by atoms with Crippen molar-refractivity contribution in [2.45, 2.75) is 19.8 Å². The van der Waals surface area contributed by atoms with Crippen LogP contribution < -0.4 is 5.32 Å². The summed E-state index contributed by atoms with van der Waals surface area (Å²) in [7, 11) is 1.61. The number of aromatic nitrogens is 1. The molecule has 1 N–H and O–H groups in total. The van der Waals surface area contributed by atoms with Gasteiger partial charge in [0, 0.05) is 25.5 Å². The topological polar surface area (TPSA) is 77.2 Å². The van der Waals surface area contributed by atoms with Crippen LogP contribution in [-0.4, -0.2) is 27.8 Å². The van der Waals surface area contributed by atoms with E-state index in [9.17, 15) is 14.9 Å². The third kappa shape index (κ3) is 4.55. The third-order valence-electron chi connectivity index (χ3n) is 2.86. The summed E-state index contributed by atoms with van der Waals surface area (Å²) in [5, 5.41) is 13.4. The van der Waals surface area contributed by atoms with Crippen LogP contribution in [0.2, 0.25) is 0 Å². The zero-order valence-corrected chi connectivity index (χ0v) is 11.8. The van der Waals surface area contributed by atoms with Gasteiger partial charge in [-0.3, -0.25) is 14.9 Å². The second kappa shape index (κ2) is 7.13. The molecule has 1 rings (SSSR count). The van der Waals surface area contributed by atoms with Gasteiger partial charge in [-0.05, 0) is 18.8 Å². The number of aryl methyl sites for hydroxylation is 1. The normalized spacial score (nSPS) is 12.2. The summed E-state index contributed by atoms with van der Waals surface area (Å²) in [6.07, 6.45) is 3.10. The molecular formula is C12H18ClN3O3. The van der Waals surface area contributed by atoms with Crippen molar-refractivity contribution in [3.63, 3.8) is 0 Å². The van der Waals surface area contributed by atoms with Gasteiger partial charge < -0.3 is 9.88 Å². The van der Waals surface area contributed by atoms with Crippen LogP contribution in [0.3, 0.4) is 0 Å². The first-order valence-electron chi connectivity index (χ1n) is 6.10. The minimum Gasteiger partial charge on any atom is -0.351 e. The number of nitrogens with one attached hydrogen (secondary N) is 1. The number of alkyl halides is 1. The molecule has 1 amide bonds. The summed E-state index contributed by atoms with van der Waals surface area (Å²) in [5.41, 5.74) is 0.209. The number of nitrogens with zero attached hydrogens (tertiary/aromatic N) is 2. The number of hydrogen-bond acceptors (Lipinski definition) is 3. The molecule has 0 aliphatic rings. The maximum atomic E-state index is 11.8. The summed E-state index contributed by atoms with van der Waals surface area (Å²) < 4.78 is 1.45. The van der Waals surface area contributed by atoms with Gasteiger partial charge in [0.2, 0.25) is 0 Å². The number of rotatable bonds is 7. The highest BCUT2D eigenvalue weighted by Crippen LogP contribution is 2.15. The van der Waals surface area contributed by atoms with E-state index < -0.39 is 4.92 Å². The van der Waals surface area contributed by atoms with E-state index in [2.05, 4.69) is 12.2 Å². The number of halogens is 1. The van der Waals surface area contributed by atoms with Gasteiger partial charge in [0.1, 0.15) is 5.69 Å². The minimum atomic E-state index is -0.515. The van der Waals surface area contributed by atoms with Gasteiger partial charge in [0.25, 0.3) is 11.6 Å². The van der Waals surface area contributed by atoms with Gasteiger partial charge in [-0.15, -0.1) is 11.6 Å². The fourth-order valence-corrected chi connectivity index (χ4v) is 1.85. The predicted octanol–water partition coefficient (Wildman–Crippen LogP) is 2.32. The Morgan fingerprint density at radius 3 is 2.84 bits per heavy atom. The first-order valence-corrected chi connectivity index (χ1v) is 6.64. The highest BCUT2D eigenvalue weighted by Gasteiger charge is 2.17. The van der Waals surface area contributed by atoms with E-state index in [-0.39, 0.29) is 17.3 Å². The molecule has 1 heterocycles. The Hall–Kier alpha value is -1.56. The maximum absolute atomic E-state index is 11.8. The van der Waals surface area contributed by atoms with Crippen molar-refractivity contribution in [1.29, 1.82) is 0 Å². The van der Waals surface area contributed by atoms with E-state index in [1.165, 1.54) is 16.8 Å². The van der Waals surface area contributed by atoms with Gasteiger partial charge in [-0.2, -0.15) is 0 Å². The van der Waals surface area contributed by atoms with E-state index in [0.29, 0.717) is 18.3 Å². The Bertz CT molecular complexity index is 459. The number of hydrogen-bond donors (Lipinski definition) is 1. The van der Waals surface area contributed by atoms with Crippen molar-refractivity contribution in [3.05, 3.63) is 28.1 Å². The van der Waals surface area contributed by atoms with Crippen LogP contribution in [0.15, 0.2) is 12.3 Å².